The van der Waals surface area contributed by atoms with Crippen LogP contribution in [0, 0.1) is 5.92 Å². The maximum Gasteiger partial charge on any atom is 0.0252 e. The highest BCUT2D eigenvalue weighted by Gasteiger charge is 2.30. The zero-order valence-electron chi connectivity index (χ0n) is 12.2. The molecule has 0 aromatic heterocycles. The summed E-state index contributed by atoms with van der Waals surface area (Å²) < 4.78 is 1.25. The number of hydrogen-bond acceptors (Lipinski definition) is 2. The van der Waals surface area contributed by atoms with Gasteiger partial charge in [-0.25, -0.2) is 0 Å². The van der Waals surface area contributed by atoms with E-state index < -0.39 is 0 Å². The molecule has 1 saturated carbocycles. The summed E-state index contributed by atoms with van der Waals surface area (Å²) in [5, 5.41) is 3.61. The van der Waals surface area contributed by atoms with Gasteiger partial charge in [-0.3, -0.25) is 4.90 Å². The zero-order valence-corrected chi connectivity index (χ0v) is 13.7. The van der Waals surface area contributed by atoms with Gasteiger partial charge in [-0.2, -0.15) is 0 Å². The third kappa shape index (κ3) is 3.44. The third-order valence-corrected chi connectivity index (χ3v) is 5.70. The van der Waals surface area contributed by atoms with Gasteiger partial charge in [-0.05, 0) is 30.4 Å². The standard InChI is InChI=1S/C17H25BrN2/c18-16-9-5-4-8-15(16)13-20-11-10-19-12-17(20)14-6-2-1-3-7-14/h4-5,8-9,14,17,19H,1-3,6-7,10-13H2. The smallest absolute Gasteiger partial charge is 0.0252 e. The van der Waals surface area contributed by atoms with Crippen LogP contribution in [0.15, 0.2) is 28.7 Å². The van der Waals surface area contributed by atoms with Crippen molar-refractivity contribution in [2.24, 2.45) is 5.92 Å². The summed E-state index contributed by atoms with van der Waals surface area (Å²) in [5.41, 5.74) is 1.43. The molecule has 1 atom stereocenters. The Hall–Kier alpha value is -0.380. The van der Waals surface area contributed by atoms with Crippen molar-refractivity contribution in [2.75, 3.05) is 19.6 Å². The molecule has 0 amide bonds. The fourth-order valence-corrected chi connectivity index (χ4v) is 4.20. The Labute approximate surface area is 131 Å². The van der Waals surface area contributed by atoms with Crippen molar-refractivity contribution < 1.29 is 0 Å². The first-order valence-electron chi connectivity index (χ1n) is 8.03. The molecule has 3 rings (SSSR count). The van der Waals surface area contributed by atoms with E-state index in [1.54, 1.807) is 0 Å². The molecule has 1 aromatic carbocycles. The average molecular weight is 337 g/mol. The van der Waals surface area contributed by atoms with Gasteiger partial charge >= 0.3 is 0 Å². The van der Waals surface area contributed by atoms with E-state index in [0.717, 1.165) is 25.0 Å². The molecule has 1 heterocycles. The van der Waals surface area contributed by atoms with Gasteiger partial charge in [0.25, 0.3) is 0 Å². The van der Waals surface area contributed by atoms with Crippen LogP contribution in [0.2, 0.25) is 0 Å². The summed E-state index contributed by atoms with van der Waals surface area (Å²) in [6, 6.07) is 9.40. The molecule has 1 saturated heterocycles. The summed E-state index contributed by atoms with van der Waals surface area (Å²) in [4.78, 5) is 2.71. The number of halogens is 1. The number of nitrogens with zero attached hydrogens (tertiary/aromatic N) is 1. The van der Waals surface area contributed by atoms with Crippen molar-refractivity contribution in [1.82, 2.24) is 10.2 Å². The van der Waals surface area contributed by atoms with Gasteiger partial charge < -0.3 is 5.32 Å². The highest BCUT2D eigenvalue weighted by Crippen LogP contribution is 2.31. The molecular formula is C17H25BrN2. The van der Waals surface area contributed by atoms with Gasteiger partial charge in [0.2, 0.25) is 0 Å². The highest BCUT2D eigenvalue weighted by molar-refractivity contribution is 9.10. The largest absolute Gasteiger partial charge is 0.314 e. The summed E-state index contributed by atoms with van der Waals surface area (Å²) in [5.74, 6) is 0.902. The minimum atomic E-state index is 0.733. The van der Waals surface area contributed by atoms with Gasteiger partial charge in [0.15, 0.2) is 0 Å². The fraction of sp³-hybridized carbons (Fsp3) is 0.647. The molecule has 1 aliphatic heterocycles. The molecule has 2 fully saturated rings. The van der Waals surface area contributed by atoms with Crippen LogP contribution in [0.1, 0.15) is 37.7 Å². The maximum absolute atomic E-state index is 3.70. The molecule has 1 aromatic rings. The summed E-state index contributed by atoms with van der Waals surface area (Å²) in [6.07, 6.45) is 7.17. The van der Waals surface area contributed by atoms with E-state index in [4.69, 9.17) is 0 Å². The Morgan fingerprint density at radius 1 is 1.15 bits per heavy atom. The van der Waals surface area contributed by atoms with Crippen LogP contribution in [0.25, 0.3) is 0 Å². The van der Waals surface area contributed by atoms with Crippen LogP contribution in [-0.4, -0.2) is 30.6 Å². The molecule has 0 spiro atoms. The normalized spacial score (nSPS) is 25.8. The molecule has 1 N–H and O–H groups in total. The zero-order chi connectivity index (χ0) is 13.8. The Balaban J connectivity index is 1.70. The molecule has 20 heavy (non-hydrogen) atoms. The summed E-state index contributed by atoms with van der Waals surface area (Å²) in [7, 11) is 0. The molecule has 2 nitrogen and oxygen atoms in total. The second-order valence-corrected chi connectivity index (χ2v) is 7.09. The number of hydrogen-bond donors (Lipinski definition) is 1. The minimum absolute atomic E-state index is 0.733. The topological polar surface area (TPSA) is 15.3 Å². The van der Waals surface area contributed by atoms with E-state index in [9.17, 15) is 0 Å². The van der Waals surface area contributed by atoms with Crippen molar-refractivity contribution in [3.63, 3.8) is 0 Å². The quantitative estimate of drug-likeness (QED) is 0.902. The molecule has 2 aliphatic rings. The van der Waals surface area contributed by atoms with Crippen LogP contribution in [0.5, 0.6) is 0 Å². The number of rotatable bonds is 3. The monoisotopic (exact) mass is 336 g/mol. The van der Waals surface area contributed by atoms with Crippen molar-refractivity contribution in [2.45, 2.75) is 44.7 Å². The molecule has 3 heteroatoms. The predicted molar refractivity (Wildman–Crippen MR) is 87.8 cm³/mol. The lowest BCUT2D eigenvalue weighted by Gasteiger charge is -2.42. The molecule has 110 valence electrons. The maximum atomic E-state index is 3.70. The van der Waals surface area contributed by atoms with Gasteiger partial charge in [0.1, 0.15) is 0 Å². The van der Waals surface area contributed by atoms with E-state index >= 15 is 0 Å². The minimum Gasteiger partial charge on any atom is -0.314 e. The third-order valence-electron chi connectivity index (χ3n) is 4.92. The molecule has 0 bridgehead atoms. The first kappa shape index (κ1) is 14.6. The first-order chi connectivity index (χ1) is 9.84. The Kier molecular flexibility index (Phi) is 5.14. The number of nitrogens with one attached hydrogen (secondary N) is 1. The first-order valence-corrected chi connectivity index (χ1v) is 8.82. The van der Waals surface area contributed by atoms with E-state index in [-0.39, 0.29) is 0 Å². The molecule has 1 aliphatic carbocycles. The SMILES string of the molecule is Brc1ccccc1CN1CCNCC1C1CCCCC1. The molecular weight excluding hydrogens is 312 g/mol. The Morgan fingerprint density at radius 2 is 1.95 bits per heavy atom. The van der Waals surface area contributed by atoms with Crippen LogP contribution in [0.4, 0.5) is 0 Å². The fourth-order valence-electron chi connectivity index (χ4n) is 3.79. The average Bonchev–Trinajstić information content (AvgIpc) is 2.51. The lowest BCUT2D eigenvalue weighted by molar-refractivity contribution is 0.0858. The van der Waals surface area contributed by atoms with Crippen LogP contribution < -0.4 is 5.32 Å². The van der Waals surface area contributed by atoms with Gasteiger partial charge in [0, 0.05) is 36.7 Å². The second-order valence-electron chi connectivity index (χ2n) is 6.23. The summed E-state index contributed by atoms with van der Waals surface area (Å²) >= 11 is 3.70. The van der Waals surface area contributed by atoms with Gasteiger partial charge in [-0.15, -0.1) is 0 Å². The van der Waals surface area contributed by atoms with Crippen LogP contribution >= 0.6 is 15.9 Å². The van der Waals surface area contributed by atoms with Crippen molar-refractivity contribution >= 4 is 15.9 Å². The number of benzene rings is 1. The lowest BCUT2D eigenvalue weighted by Crippen LogP contribution is -2.54. The van der Waals surface area contributed by atoms with E-state index in [2.05, 4.69) is 50.4 Å². The van der Waals surface area contributed by atoms with E-state index in [0.29, 0.717) is 0 Å². The van der Waals surface area contributed by atoms with Crippen LogP contribution in [-0.2, 0) is 6.54 Å². The molecule has 0 radical (unpaired) electrons. The van der Waals surface area contributed by atoms with Gasteiger partial charge in [0.05, 0.1) is 0 Å². The Morgan fingerprint density at radius 3 is 2.75 bits per heavy atom. The van der Waals surface area contributed by atoms with E-state index in [1.165, 1.54) is 55.2 Å². The summed E-state index contributed by atoms with van der Waals surface area (Å²) in [6.45, 7) is 4.58. The van der Waals surface area contributed by atoms with Crippen molar-refractivity contribution in [1.29, 1.82) is 0 Å². The van der Waals surface area contributed by atoms with E-state index in [1.807, 2.05) is 0 Å². The van der Waals surface area contributed by atoms with Crippen molar-refractivity contribution in [3.8, 4) is 0 Å². The van der Waals surface area contributed by atoms with Crippen LogP contribution in [0.3, 0.4) is 0 Å². The second kappa shape index (κ2) is 7.06. The lowest BCUT2D eigenvalue weighted by atomic mass is 9.82. The predicted octanol–water partition coefficient (Wildman–Crippen LogP) is 3.80. The molecule has 1 unspecified atom stereocenters. The Bertz CT molecular complexity index is 429. The highest BCUT2D eigenvalue weighted by atomic mass is 79.9. The number of piperazine rings is 1. The van der Waals surface area contributed by atoms with Crippen molar-refractivity contribution in [3.05, 3.63) is 34.3 Å². The van der Waals surface area contributed by atoms with Gasteiger partial charge in [-0.1, -0.05) is 53.4 Å².